The third-order valence-electron chi connectivity index (χ3n) is 2.68. The number of phenolic OH excluding ortho intramolecular Hbond substituents is 1. The molecule has 0 aromatic heterocycles. The van der Waals surface area contributed by atoms with Gasteiger partial charge in [0.2, 0.25) is 0 Å². The van der Waals surface area contributed by atoms with Crippen molar-refractivity contribution in [3.05, 3.63) is 29.6 Å². The summed E-state index contributed by atoms with van der Waals surface area (Å²) >= 11 is 0. The number of rotatable bonds is 3. The lowest BCUT2D eigenvalue weighted by atomic mass is 10.0. The van der Waals surface area contributed by atoms with Crippen molar-refractivity contribution in [2.24, 2.45) is 11.7 Å². The average Bonchev–Trinajstić information content (AvgIpc) is 2.93. The molecule has 2 rings (SSSR count). The van der Waals surface area contributed by atoms with E-state index in [0.29, 0.717) is 0 Å². The Morgan fingerprint density at radius 3 is 2.79 bits per heavy atom. The largest absolute Gasteiger partial charge is 0.505 e. The molecule has 1 fully saturated rings. The van der Waals surface area contributed by atoms with Crippen molar-refractivity contribution >= 4 is 0 Å². The molecule has 1 aliphatic carbocycles. The zero-order valence-corrected chi connectivity index (χ0v) is 7.91. The third kappa shape index (κ3) is 2.04. The van der Waals surface area contributed by atoms with E-state index in [0.717, 1.165) is 17.9 Å². The van der Waals surface area contributed by atoms with Crippen LogP contribution < -0.4 is 5.73 Å². The molecule has 0 bridgehead atoms. The molecule has 3 heteroatoms. The SMILES string of the molecule is NC(CC1CC1)c1ccc(O)c(F)c1. The molecule has 0 radical (unpaired) electrons. The van der Waals surface area contributed by atoms with Crippen LogP contribution in [0.25, 0.3) is 0 Å². The molecular formula is C11H14FNO. The summed E-state index contributed by atoms with van der Waals surface area (Å²) in [5, 5.41) is 9.00. The maximum absolute atomic E-state index is 13.0. The van der Waals surface area contributed by atoms with E-state index in [9.17, 15) is 4.39 Å². The van der Waals surface area contributed by atoms with Gasteiger partial charge in [-0.3, -0.25) is 0 Å². The van der Waals surface area contributed by atoms with Crippen LogP contribution in [0, 0.1) is 11.7 Å². The fourth-order valence-electron chi connectivity index (χ4n) is 1.60. The molecule has 1 atom stereocenters. The molecule has 1 unspecified atom stereocenters. The predicted octanol–water partition coefficient (Wildman–Crippen LogP) is 2.33. The van der Waals surface area contributed by atoms with Gasteiger partial charge in [-0.25, -0.2) is 4.39 Å². The van der Waals surface area contributed by atoms with Crippen LogP contribution in [-0.4, -0.2) is 5.11 Å². The summed E-state index contributed by atoms with van der Waals surface area (Å²) in [7, 11) is 0. The van der Waals surface area contributed by atoms with Crippen LogP contribution in [0.3, 0.4) is 0 Å². The van der Waals surface area contributed by atoms with Gasteiger partial charge in [-0.15, -0.1) is 0 Å². The predicted molar refractivity (Wildman–Crippen MR) is 52.3 cm³/mol. The summed E-state index contributed by atoms with van der Waals surface area (Å²) in [5.41, 5.74) is 6.68. The first-order valence-electron chi connectivity index (χ1n) is 4.91. The van der Waals surface area contributed by atoms with Crippen molar-refractivity contribution in [1.82, 2.24) is 0 Å². The van der Waals surface area contributed by atoms with Crippen LogP contribution >= 0.6 is 0 Å². The summed E-state index contributed by atoms with van der Waals surface area (Å²) in [6.07, 6.45) is 3.41. The molecule has 1 saturated carbocycles. The number of aromatic hydroxyl groups is 1. The lowest BCUT2D eigenvalue weighted by molar-refractivity contribution is 0.430. The highest BCUT2D eigenvalue weighted by Crippen LogP contribution is 2.37. The summed E-state index contributed by atoms with van der Waals surface area (Å²) in [6.45, 7) is 0. The Morgan fingerprint density at radius 1 is 1.50 bits per heavy atom. The number of hydrogen-bond acceptors (Lipinski definition) is 2. The number of hydrogen-bond donors (Lipinski definition) is 2. The molecule has 76 valence electrons. The lowest BCUT2D eigenvalue weighted by Crippen LogP contribution is -2.11. The lowest BCUT2D eigenvalue weighted by Gasteiger charge is -2.11. The van der Waals surface area contributed by atoms with Crippen LogP contribution in [0.5, 0.6) is 5.75 Å². The van der Waals surface area contributed by atoms with Crippen LogP contribution in [0.15, 0.2) is 18.2 Å². The van der Waals surface area contributed by atoms with E-state index in [2.05, 4.69) is 0 Å². The Morgan fingerprint density at radius 2 is 2.21 bits per heavy atom. The van der Waals surface area contributed by atoms with Crippen molar-refractivity contribution in [2.45, 2.75) is 25.3 Å². The molecule has 3 N–H and O–H groups in total. The van der Waals surface area contributed by atoms with E-state index in [4.69, 9.17) is 10.8 Å². The van der Waals surface area contributed by atoms with Crippen LogP contribution in [-0.2, 0) is 0 Å². The summed E-state index contributed by atoms with van der Waals surface area (Å²) in [4.78, 5) is 0. The second kappa shape index (κ2) is 3.58. The molecule has 0 amide bonds. The molecule has 0 saturated heterocycles. The van der Waals surface area contributed by atoms with Crippen molar-refractivity contribution in [2.75, 3.05) is 0 Å². The number of benzene rings is 1. The van der Waals surface area contributed by atoms with Crippen LogP contribution in [0.2, 0.25) is 0 Å². The molecule has 0 aliphatic heterocycles. The standard InChI is InChI=1S/C11H14FNO/c12-9-6-8(3-4-11(9)14)10(13)5-7-1-2-7/h3-4,6-7,10,14H,1-2,5,13H2. The van der Waals surface area contributed by atoms with Gasteiger partial charge in [0, 0.05) is 6.04 Å². The van der Waals surface area contributed by atoms with Crippen LogP contribution in [0.1, 0.15) is 30.9 Å². The van der Waals surface area contributed by atoms with Gasteiger partial charge in [0.15, 0.2) is 11.6 Å². The van der Waals surface area contributed by atoms with Crippen LogP contribution in [0.4, 0.5) is 4.39 Å². The number of nitrogens with two attached hydrogens (primary N) is 1. The first kappa shape index (κ1) is 9.46. The van der Waals surface area contributed by atoms with E-state index in [1.165, 1.54) is 25.0 Å². The van der Waals surface area contributed by atoms with Crippen molar-refractivity contribution < 1.29 is 9.50 Å². The minimum Gasteiger partial charge on any atom is -0.505 e. The van der Waals surface area contributed by atoms with Crippen molar-refractivity contribution in [3.8, 4) is 5.75 Å². The minimum absolute atomic E-state index is 0.0994. The smallest absolute Gasteiger partial charge is 0.165 e. The van der Waals surface area contributed by atoms with Crippen molar-refractivity contribution in [3.63, 3.8) is 0 Å². The zero-order valence-electron chi connectivity index (χ0n) is 7.91. The van der Waals surface area contributed by atoms with Gasteiger partial charge in [-0.1, -0.05) is 18.9 Å². The summed E-state index contributed by atoms with van der Waals surface area (Å²) in [5.74, 6) is -0.178. The minimum atomic E-state index is -0.589. The topological polar surface area (TPSA) is 46.2 Å². The Labute approximate surface area is 82.5 Å². The summed E-state index contributed by atoms with van der Waals surface area (Å²) in [6, 6.07) is 4.27. The van der Waals surface area contributed by atoms with Gasteiger partial charge < -0.3 is 10.8 Å². The average molecular weight is 195 g/mol. The number of halogens is 1. The maximum atomic E-state index is 13.0. The quantitative estimate of drug-likeness (QED) is 0.777. The van der Waals surface area contributed by atoms with Gasteiger partial charge >= 0.3 is 0 Å². The molecule has 1 aromatic rings. The van der Waals surface area contributed by atoms with Gasteiger partial charge in [-0.05, 0) is 30.0 Å². The molecular weight excluding hydrogens is 181 g/mol. The Balaban J connectivity index is 2.10. The first-order chi connectivity index (χ1) is 6.66. The maximum Gasteiger partial charge on any atom is 0.165 e. The third-order valence-corrected chi connectivity index (χ3v) is 2.68. The van der Waals surface area contributed by atoms with E-state index in [1.54, 1.807) is 6.07 Å². The van der Waals surface area contributed by atoms with E-state index < -0.39 is 5.82 Å². The summed E-state index contributed by atoms with van der Waals surface area (Å²) < 4.78 is 13.0. The highest BCUT2D eigenvalue weighted by atomic mass is 19.1. The van der Waals surface area contributed by atoms with E-state index in [1.807, 2.05) is 0 Å². The molecule has 1 aliphatic rings. The van der Waals surface area contributed by atoms with Gasteiger partial charge in [0.05, 0.1) is 0 Å². The zero-order chi connectivity index (χ0) is 10.1. The molecule has 0 heterocycles. The molecule has 1 aromatic carbocycles. The van der Waals surface area contributed by atoms with Crippen molar-refractivity contribution in [1.29, 1.82) is 0 Å². The molecule has 0 spiro atoms. The van der Waals surface area contributed by atoms with E-state index >= 15 is 0 Å². The second-order valence-corrected chi connectivity index (χ2v) is 4.00. The first-order valence-corrected chi connectivity index (χ1v) is 4.91. The fraction of sp³-hybridized carbons (Fsp3) is 0.455. The Bertz CT molecular complexity index is 336. The second-order valence-electron chi connectivity index (χ2n) is 4.00. The van der Waals surface area contributed by atoms with Gasteiger partial charge in [0.1, 0.15) is 0 Å². The fourth-order valence-corrected chi connectivity index (χ4v) is 1.60. The number of phenols is 1. The highest BCUT2D eigenvalue weighted by Gasteiger charge is 2.24. The normalized spacial score (nSPS) is 18.1. The van der Waals surface area contributed by atoms with E-state index in [-0.39, 0.29) is 11.8 Å². The highest BCUT2D eigenvalue weighted by molar-refractivity contribution is 5.29. The molecule has 2 nitrogen and oxygen atoms in total. The Kier molecular flexibility index (Phi) is 2.42. The van der Waals surface area contributed by atoms with Gasteiger partial charge in [-0.2, -0.15) is 0 Å². The Hall–Kier alpha value is -1.09. The van der Waals surface area contributed by atoms with Gasteiger partial charge in [0.25, 0.3) is 0 Å². The monoisotopic (exact) mass is 195 g/mol. The molecule has 14 heavy (non-hydrogen) atoms.